The van der Waals surface area contributed by atoms with Crippen LogP contribution in [-0.4, -0.2) is 12.5 Å². The molecule has 1 amide bonds. The second-order valence-corrected chi connectivity index (χ2v) is 4.76. The number of ether oxygens (including phenoxy) is 1. The van der Waals surface area contributed by atoms with Crippen molar-refractivity contribution in [3.63, 3.8) is 0 Å². The van der Waals surface area contributed by atoms with E-state index in [2.05, 4.69) is 5.32 Å². The van der Waals surface area contributed by atoms with Gasteiger partial charge in [-0.25, -0.2) is 4.39 Å². The summed E-state index contributed by atoms with van der Waals surface area (Å²) in [5.74, 6) is -0.389. The summed E-state index contributed by atoms with van der Waals surface area (Å²) < 4.78 is 18.1. The number of benzene rings is 2. The minimum absolute atomic E-state index is 0.126. The molecule has 0 heterocycles. The quantitative estimate of drug-likeness (QED) is 0.920. The molecular weight excluding hydrogens is 304 g/mol. The Bertz CT molecular complexity index is 634. The van der Waals surface area contributed by atoms with Gasteiger partial charge in [0.1, 0.15) is 11.6 Å². The van der Waals surface area contributed by atoms with E-state index in [0.717, 1.165) is 6.07 Å². The lowest BCUT2D eigenvalue weighted by Crippen LogP contribution is -2.20. The minimum atomic E-state index is -0.469. The molecule has 2 aromatic carbocycles. The van der Waals surface area contributed by atoms with Crippen LogP contribution in [0, 0.1) is 5.82 Å². The Labute approximate surface area is 125 Å². The van der Waals surface area contributed by atoms with Crippen LogP contribution in [0.25, 0.3) is 0 Å². The Hall–Kier alpha value is -1.78. The van der Waals surface area contributed by atoms with Gasteiger partial charge in [-0.2, -0.15) is 0 Å². The van der Waals surface area contributed by atoms with Crippen LogP contribution in [0.3, 0.4) is 0 Å². The maximum atomic E-state index is 12.9. The van der Waals surface area contributed by atoms with E-state index >= 15 is 0 Å². The maximum Gasteiger partial charge on any atom is 0.262 e. The van der Waals surface area contributed by atoms with E-state index in [1.165, 1.54) is 12.1 Å². The van der Waals surface area contributed by atoms with Crippen molar-refractivity contribution in [2.24, 2.45) is 0 Å². The van der Waals surface area contributed by atoms with Crippen LogP contribution < -0.4 is 10.1 Å². The Morgan fingerprint density at radius 2 is 2.00 bits per heavy atom. The number of amides is 1. The molecule has 1 N–H and O–H groups in total. The van der Waals surface area contributed by atoms with Crippen LogP contribution in [0.15, 0.2) is 42.5 Å². The molecule has 104 valence electrons. The first-order chi connectivity index (χ1) is 9.54. The zero-order valence-corrected chi connectivity index (χ0v) is 11.7. The Morgan fingerprint density at radius 3 is 2.70 bits per heavy atom. The Balaban J connectivity index is 1.92. The molecule has 0 saturated carbocycles. The SMILES string of the molecule is O=C(COc1cccc(Cl)c1)Nc1ccc(F)cc1Cl. The zero-order valence-electron chi connectivity index (χ0n) is 10.2. The number of carbonyl (C=O) groups excluding carboxylic acids is 1. The molecule has 6 heteroatoms. The number of carbonyl (C=O) groups is 1. The summed E-state index contributed by atoms with van der Waals surface area (Å²) in [5.41, 5.74) is 0.327. The van der Waals surface area contributed by atoms with Crippen LogP contribution in [0.2, 0.25) is 10.0 Å². The van der Waals surface area contributed by atoms with Gasteiger partial charge in [-0.3, -0.25) is 4.79 Å². The smallest absolute Gasteiger partial charge is 0.262 e. The normalized spacial score (nSPS) is 10.2. The number of nitrogens with one attached hydrogen (secondary N) is 1. The second kappa shape index (κ2) is 6.59. The summed E-state index contributed by atoms with van der Waals surface area (Å²) in [4.78, 5) is 11.7. The van der Waals surface area contributed by atoms with Crippen LogP contribution in [0.1, 0.15) is 0 Å². The molecule has 0 radical (unpaired) electrons. The van der Waals surface area contributed by atoms with Crippen LogP contribution in [-0.2, 0) is 4.79 Å². The van der Waals surface area contributed by atoms with Gasteiger partial charge >= 0.3 is 0 Å². The second-order valence-electron chi connectivity index (χ2n) is 3.92. The Morgan fingerprint density at radius 1 is 1.20 bits per heavy atom. The summed E-state index contributed by atoms with van der Waals surface area (Å²) in [6.07, 6.45) is 0. The first kappa shape index (κ1) is 14.6. The molecule has 0 aliphatic heterocycles. The monoisotopic (exact) mass is 313 g/mol. The van der Waals surface area contributed by atoms with E-state index in [1.807, 2.05) is 0 Å². The van der Waals surface area contributed by atoms with Crippen molar-refractivity contribution in [3.8, 4) is 5.75 Å². The molecule has 0 aromatic heterocycles. The fraction of sp³-hybridized carbons (Fsp3) is 0.0714. The van der Waals surface area contributed by atoms with Crippen LogP contribution >= 0.6 is 23.2 Å². The summed E-state index contributed by atoms with van der Waals surface area (Å²) in [6, 6.07) is 10.4. The van der Waals surface area contributed by atoms with E-state index in [4.69, 9.17) is 27.9 Å². The van der Waals surface area contributed by atoms with Gasteiger partial charge < -0.3 is 10.1 Å². The van der Waals surface area contributed by atoms with E-state index < -0.39 is 11.7 Å². The van der Waals surface area contributed by atoms with Gasteiger partial charge in [0.15, 0.2) is 6.61 Å². The average molecular weight is 314 g/mol. The third-order valence-corrected chi connectivity index (χ3v) is 2.92. The highest BCUT2D eigenvalue weighted by molar-refractivity contribution is 6.33. The van der Waals surface area contributed by atoms with Crippen molar-refractivity contribution in [2.45, 2.75) is 0 Å². The molecule has 0 aliphatic rings. The molecule has 0 aliphatic carbocycles. The summed E-state index contributed by atoms with van der Waals surface area (Å²) in [6.45, 7) is -0.200. The van der Waals surface area contributed by atoms with Crippen molar-refractivity contribution in [1.82, 2.24) is 0 Å². The zero-order chi connectivity index (χ0) is 14.5. The van der Waals surface area contributed by atoms with Gasteiger partial charge in [0.05, 0.1) is 10.7 Å². The van der Waals surface area contributed by atoms with Crippen molar-refractivity contribution in [3.05, 3.63) is 58.3 Å². The number of anilines is 1. The highest BCUT2D eigenvalue weighted by Crippen LogP contribution is 2.22. The van der Waals surface area contributed by atoms with Crippen molar-refractivity contribution in [2.75, 3.05) is 11.9 Å². The van der Waals surface area contributed by atoms with Gasteiger partial charge in [-0.15, -0.1) is 0 Å². The first-order valence-electron chi connectivity index (χ1n) is 5.68. The third kappa shape index (κ3) is 4.11. The van der Waals surface area contributed by atoms with Crippen LogP contribution in [0.4, 0.5) is 10.1 Å². The fourth-order valence-electron chi connectivity index (χ4n) is 1.48. The predicted octanol–water partition coefficient (Wildman–Crippen LogP) is 4.15. The number of hydrogen-bond acceptors (Lipinski definition) is 2. The Kier molecular flexibility index (Phi) is 4.82. The van der Waals surface area contributed by atoms with E-state index in [-0.39, 0.29) is 11.6 Å². The molecule has 0 bridgehead atoms. The molecule has 0 unspecified atom stereocenters. The van der Waals surface area contributed by atoms with Crippen molar-refractivity contribution in [1.29, 1.82) is 0 Å². The van der Waals surface area contributed by atoms with Gasteiger partial charge in [0, 0.05) is 5.02 Å². The van der Waals surface area contributed by atoms with Crippen molar-refractivity contribution < 1.29 is 13.9 Å². The fourth-order valence-corrected chi connectivity index (χ4v) is 1.88. The molecule has 2 rings (SSSR count). The number of halogens is 3. The van der Waals surface area contributed by atoms with Gasteiger partial charge in [-0.1, -0.05) is 29.3 Å². The van der Waals surface area contributed by atoms with E-state index in [1.54, 1.807) is 24.3 Å². The molecule has 20 heavy (non-hydrogen) atoms. The summed E-state index contributed by atoms with van der Waals surface area (Å²) in [7, 11) is 0. The largest absolute Gasteiger partial charge is 0.484 e. The lowest BCUT2D eigenvalue weighted by molar-refractivity contribution is -0.118. The summed E-state index contributed by atoms with van der Waals surface area (Å²) >= 11 is 11.6. The van der Waals surface area contributed by atoms with Gasteiger partial charge in [0.2, 0.25) is 0 Å². The lowest BCUT2D eigenvalue weighted by Gasteiger charge is -2.09. The molecular formula is C14H10Cl2FNO2. The van der Waals surface area contributed by atoms with Gasteiger partial charge in [0.25, 0.3) is 5.91 Å². The topological polar surface area (TPSA) is 38.3 Å². The average Bonchev–Trinajstić information content (AvgIpc) is 2.40. The maximum absolute atomic E-state index is 12.9. The molecule has 0 fully saturated rings. The number of rotatable bonds is 4. The molecule has 0 atom stereocenters. The van der Waals surface area contributed by atoms with E-state index in [9.17, 15) is 9.18 Å². The minimum Gasteiger partial charge on any atom is -0.484 e. The number of hydrogen-bond donors (Lipinski definition) is 1. The highest BCUT2D eigenvalue weighted by Gasteiger charge is 2.07. The standard InChI is InChI=1S/C14H10Cl2FNO2/c15-9-2-1-3-11(6-9)20-8-14(19)18-13-5-4-10(17)7-12(13)16/h1-7H,8H2,(H,18,19). The summed E-state index contributed by atoms with van der Waals surface area (Å²) in [5, 5.41) is 3.17. The first-order valence-corrected chi connectivity index (χ1v) is 6.43. The lowest BCUT2D eigenvalue weighted by atomic mass is 10.3. The van der Waals surface area contributed by atoms with Crippen LogP contribution in [0.5, 0.6) is 5.75 Å². The van der Waals surface area contributed by atoms with E-state index in [0.29, 0.717) is 16.5 Å². The molecule has 3 nitrogen and oxygen atoms in total. The molecule has 0 spiro atoms. The van der Waals surface area contributed by atoms with Crippen molar-refractivity contribution >= 4 is 34.8 Å². The molecule has 2 aromatic rings. The third-order valence-electron chi connectivity index (χ3n) is 2.37. The predicted molar refractivity (Wildman–Crippen MR) is 77.0 cm³/mol. The highest BCUT2D eigenvalue weighted by atomic mass is 35.5. The molecule has 0 saturated heterocycles. The van der Waals surface area contributed by atoms with Gasteiger partial charge in [-0.05, 0) is 36.4 Å².